The number of anilines is 2. The van der Waals surface area contributed by atoms with Crippen molar-refractivity contribution in [3.8, 4) is 0 Å². The summed E-state index contributed by atoms with van der Waals surface area (Å²) in [4.78, 5) is 44.1. The second-order valence-electron chi connectivity index (χ2n) is 9.26. The number of amides is 2. The van der Waals surface area contributed by atoms with Gasteiger partial charge in [-0.1, -0.05) is 18.9 Å². The summed E-state index contributed by atoms with van der Waals surface area (Å²) in [6.07, 6.45) is 5.76. The highest BCUT2D eigenvalue weighted by atomic mass is 35.5. The van der Waals surface area contributed by atoms with E-state index in [0.29, 0.717) is 48.9 Å². The minimum absolute atomic E-state index is 0.0870. The average molecular weight is 527 g/mol. The van der Waals surface area contributed by atoms with Crippen LogP contribution in [0.1, 0.15) is 59.2 Å². The number of esters is 1. The van der Waals surface area contributed by atoms with E-state index in [9.17, 15) is 14.4 Å². The fourth-order valence-electron chi connectivity index (χ4n) is 4.75. The van der Waals surface area contributed by atoms with Crippen LogP contribution in [0.4, 0.5) is 11.6 Å². The first-order valence-corrected chi connectivity index (χ1v) is 12.7. The summed E-state index contributed by atoms with van der Waals surface area (Å²) in [5.74, 6) is -0.0531. The van der Waals surface area contributed by atoms with E-state index in [-0.39, 0.29) is 11.5 Å². The number of rotatable bonds is 10. The highest BCUT2D eigenvalue weighted by Crippen LogP contribution is 2.30. The van der Waals surface area contributed by atoms with E-state index >= 15 is 0 Å². The molecule has 0 unspecified atom stereocenters. The quantitative estimate of drug-likeness (QED) is 0.288. The molecule has 1 aromatic heterocycles. The molecule has 1 saturated carbocycles. The van der Waals surface area contributed by atoms with Crippen molar-refractivity contribution in [3.05, 3.63) is 53.6 Å². The SMILES string of the molecule is COC(=O)c1cccc(C(=O)Nc2nc3cc(N(C)C(=O)CC4CCCC4)ccc3n2CCCOCl)c1. The van der Waals surface area contributed by atoms with Crippen molar-refractivity contribution in [2.75, 3.05) is 31.0 Å². The average Bonchev–Trinajstić information content (AvgIpc) is 3.55. The van der Waals surface area contributed by atoms with Gasteiger partial charge >= 0.3 is 5.97 Å². The van der Waals surface area contributed by atoms with E-state index in [1.54, 1.807) is 30.1 Å². The molecule has 0 atom stereocenters. The molecule has 196 valence electrons. The molecule has 0 bridgehead atoms. The minimum atomic E-state index is -0.526. The Hall–Kier alpha value is -3.43. The van der Waals surface area contributed by atoms with Crippen molar-refractivity contribution in [1.29, 1.82) is 0 Å². The van der Waals surface area contributed by atoms with Crippen LogP contribution >= 0.6 is 11.9 Å². The molecule has 2 amide bonds. The monoisotopic (exact) mass is 526 g/mol. The van der Waals surface area contributed by atoms with Crippen molar-refractivity contribution in [3.63, 3.8) is 0 Å². The number of carbonyl (C=O) groups excluding carboxylic acids is 3. The van der Waals surface area contributed by atoms with Gasteiger partial charge in [0.05, 0.1) is 42.2 Å². The number of imidazole rings is 1. The summed E-state index contributed by atoms with van der Waals surface area (Å²) < 4.78 is 11.3. The summed E-state index contributed by atoms with van der Waals surface area (Å²) in [6, 6.07) is 11.9. The van der Waals surface area contributed by atoms with Gasteiger partial charge < -0.3 is 14.2 Å². The third kappa shape index (κ3) is 6.29. The number of nitrogens with zero attached hydrogens (tertiary/aromatic N) is 3. The number of fused-ring (bicyclic) bond motifs is 1. The summed E-state index contributed by atoms with van der Waals surface area (Å²) in [5.41, 5.74) is 2.76. The number of nitrogens with one attached hydrogen (secondary N) is 1. The molecule has 0 aliphatic heterocycles. The maximum atomic E-state index is 13.1. The molecular weight excluding hydrogens is 496 g/mol. The Morgan fingerprint density at radius 1 is 1.14 bits per heavy atom. The number of benzene rings is 2. The normalized spacial score (nSPS) is 13.6. The van der Waals surface area contributed by atoms with Gasteiger partial charge in [0.1, 0.15) is 0 Å². The van der Waals surface area contributed by atoms with Crippen molar-refractivity contribution in [2.45, 2.75) is 45.1 Å². The number of carbonyl (C=O) groups is 3. The topological polar surface area (TPSA) is 103 Å². The van der Waals surface area contributed by atoms with Gasteiger partial charge in [-0.15, -0.1) is 0 Å². The molecule has 0 radical (unpaired) electrons. The molecule has 0 saturated heterocycles. The summed E-state index contributed by atoms with van der Waals surface area (Å²) in [7, 11) is 3.07. The Kier molecular flexibility index (Phi) is 8.78. The highest BCUT2D eigenvalue weighted by molar-refractivity contribution is 6.07. The molecule has 2 aromatic carbocycles. The van der Waals surface area contributed by atoms with E-state index < -0.39 is 11.9 Å². The number of aryl methyl sites for hydroxylation is 1. The first-order chi connectivity index (χ1) is 17.9. The number of methoxy groups -OCH3 is 1. The standard InChI is InChI=1S/C27H31ClN4O5/c1-31(24(33)15-18-7-3-4-8-18)21-11-12-23-22(17-21)29-27(32(23)13-6-14-37-28)30-25(34)19-9-5-10-20(16-19)26(35)36-2/h5,9-12,16-18H,3-4,6-8,13-15H2,1-2H3,(H,29,30,34). The van der Waals surface area contributed by atoms with Gasteiger partial charge in [0, 0.05) is 31.3 Å². The zero-order valence-corrected chi connectivity index (χ0v) is 21.8. The van der Waals surface area contributed by atoms with Crippen LogP contribution in [0.3, 0.4) is 0 Å². The van der Waals surface area contributed by atoms with Gasteiger partial charge in [-0.05, 0) is 61.6 Å². The van der Waals surface area contributed by atoms with Gasteiger partial charge in [0.25, 0.3) is 5.91 Å². The van der Waals surface area contributed by atoms with E-state index in [1.165, 1.54) is 26.0 Å². The van der Waals surface area contributed by atoms with Crippen molar-refractivity contribution in [1.82, 2.24) is 9.55 Å². The predicted octanol–water partition coefficient (Wildman–Crippen LogP) is 5.18. The Morgan fingerprint density at radius 2 is 1.89 bits per heavy atom. The molecule has 1 aliphatic carbocycles. The zero-order chi connectivity index (χ0) is 26.4. The number of aromatic nitrogens is 2. The minimum Gasteiger partial charge on any atom is -0.465 e. The van der Waals surface area contributed by atoms with E-state index in [0.717, 1.165) is 24.0 Å². The Morgan fingerprint density at radius 3 is 2.62 bits per heavy atom. The molecule has 4 rings (SSSR count). The predicted molar refractivity (Wildman–Crippen MR) is 142 cm³/mol. The van der Waals surface area contributed by atoms with Gasteiger partial charge in [-0.2, -0.15) is 0 Å². The second kappa shape index (κ2) is 12.2. The molecule has 37 heavy (non-hydrogen) atoms. The Labute approximate surface area is 220 Å². The molecule has 3 aromatic rings. The smallest absolute Gasteiger partial charge is 0.337 e. The lowest BCUT2D eigenvalue weighted by molar-refractivity contribution is -0.119. The van der Waals surface area contributed by atoms with Crippen molar-refractivity contribution in [2.24, 2.45) is 5.92 Å². The molecule has 10 heteroatoms. The van der Waals surface area contributed by atoms with Gasteiger partial charge in [0.2, 0.25) is 11.9 Å². The zero-order valence-electron chi connectivity index (χ0n) is 21.0. The maximum absolute atomic E-state index is 13.1. The van der Waals surface area contributed by atoms with Crippen LogP contribution in [0.15, 0.2) is 42.5 Å². The van der Waals surface area contributed by atoms with Crippen LogP contribution in [0.2, 0.25) is 0 Å². The molecule has 9 nitrogen and oxygen atoms in total. The third-order valence-electron chi connectivity index (χ3n) is 6.81. The maximum Gasteiger partial charge on any atom is 0.337 e. The van der Waals surface area contributed by atoms with E-state index in [2.05, 4.69) is 14.6 Å². The molecule has 1 aliphatic rings. The Bertz CT molecular complexity index is 1290. The third-order valence-corrected chi connectivity index (χ3v) is 6.96. The van der Waals surface area contributed by atoms with E-state index in [1.807, 2.05) is 22.8 Å². The van der Waals surface area contributed by atoms with Crippen molar-refractivity contribution < 1.29 is 23.4 Å². The second-order valence-corrected chi connectivity index (χ2v) is 9.48. The lowest BCUT2D eigenvalue weighted by atomic mass is 10.0. The lowest BCUT2D eigenvalue weighted by Crippen LogP contribution is -2.27. The molecule has 1 N–H and O–H groups in total. The molecular formula is C27H31ClN4O5. The molecule has 1 heterocycles. The highest BCUT2D eigenvalue weighted by Gasteiger charge is 2.22. The van der Waals surface area contributed by atoms with E-state index in [4.69, 9.17) is 16.6 Å². The fraction of sp³-hybridized carbons (Fsp3) is 0.407. The molecule has 0 spiro atoms. The van der Waals surface area contributed by atoms with Crippen LogP contribution < -0.4 is 10.2 Å². The van der Waals surface area contributed by atoms with Gasteiger partial charge in [-0.3, -0.25) is 19.2 Å². The van der Waals surface area contributed by atoms with Crippen LogP contribution in [0, 0.1) is 5.92 Å². The fourth-order valence-corrected chi connectivity index (χ4v) is 4.86. The first-order valence-electron chi connectivity index (χ1n) is 12.4. The first kappa shape index (κ1) is 26.6. The molecule has 1 fully saturated rings. The van der Waals surface area contributed by atoms with Gasteiger partial charge in [0.15, 0.2) is 0 Å². The summed E-state index contributed by atoms with van der Waals surface area (Å²) >= 11 is 5.39. The summed E-state index contributed by atoms with van der Waals surface area (Å²) in [5, 5.41) is 2.85. The van der Waals surface area contributed by atoms with Crippen LogP contribution in [0.5, 0.6) is 0 Å². The number of hydrogen-bond acceptors (Lipinski definition) is 6. The van der Waals surface area contributed by atoms with Crippen LogP contribution in [-0.2, 0) is 20.4 Å². The number of ether oxygens (including phenoxy) is 1. The number of halogens is 1. The van der Waals surface area contributed by atoms with Crippen LogP contribution in [0.25, 0.3) is 11.0 Å². The summed E-state index contributed by atoms with van der Waals surface area (Å²) in [6.45, 7) is 0.823. The number of hydrogen-bond donors (Lipinski definition) is 1. The largest absolute Gasteiger partial charge is 0.465 e. The Balaban J connectivity index is 1.59. The van der Waals surface area contributed by atoms with Gasteiger partial charge in [-0.25, -0.2) is 9.78 Å². The van der Waals surface area contributed by atoms with Crippen molar-refractivity contribution >= 4 is 52.3 Å². The lowest BCUT2D eigenvalue weighted by Gasteiger charge is -2.19. The van der Waals surface area contributed by atoms with Crippen LogP contribution in [-0.4, -0.2) is 48.1 Å².